The van der Waals surface area contributed by atoms with Crippen LogP contribution >= 0.6 is 0 Å². The second-order valence-electron chi connectivity index (χ2n) is 10.4. The number of fused-ring (bicyclic) bond motifs is 3. The molecule has 2 N–H and O–H groups in total. The van der Waals surface area contributed by atoms with Crippen LogP contribution in [0.1, 0.15) is 32.0 Å². The third-order valence-electron chi connectivity index (χ3n) is 8.64. The van der Waals surface area contributed by atoms with Crippen molar-refractivity contribution in [3.8, 4) is 11.5 Å². The van der Waals surface area contributed by atoms with Crippen LogP contribution in [0.25, 0.3) is 22.6 Å². The molecule has 1 saturated heterocycles. The molecule has 3 aromatic rings. The summed E-state index contributed by atoms with van der Waals surface area (Å²) in [6.45, 7) is 7.01. The molecule has 10 heteroatoms. The molecule has 9 nitrogen and oxygen atoms in total. The average Bonchev–Trinajstić information content (AvgIpc) is 3.20. The number of ether oxygens (including phenoxy) is 1. The van der Waals surface area contributed by atoms with E-state index in [4.69, 9.17) is 4.74 Å². The number of likely N-dealkylation sites (N-methyl/N-ethyl adjacent to an activating group) is 1. The molecule has 1 unspecified atom stereocenters. The summed E-state index contributed by atoms with van der Waals surface area (Å²) in [4.78, 5) is 35.9. The van der Waals surface area contributed by atoms with Crippen LogP contribution in [0.5, 0.6) is 0 Å². The Balaban J connectivity index is 1.29. The summed E-state index contributed by atoms with van der Waals surface area (Å²) in [6.07, 6.45) is 1.91. The topological polar surface area (TPSA) is 107 Å². The number of nitrogens with zero attached hydrogens (tertiary/aromatic N) is 4. The molecule has 0 bridgehead atoms. The molecule has 184 valence electrons. The SMILES string of the molecule is C[C@H](C(=O)N(C)c1cc(F)c2[nH]c(-c3n[nH]c4c3CC3[C@H](C)[C@]3(C)C4)nc2c1)N1CCOCC1=O. The number of H-pyrrole nitrogens is 2. The number of anilines is 1. The van der Waals surface area contributed by atoms with E-state index in [1.807, 2.05) is 0 Å². The molecule has 6 rings (SSSR count). The average molecular weight is 481 g/mol. The maximum absolute atomic E-state index is 15.1. The van der Waals surface area contributed by atoms with Gasteiger partial charge in [0.1, 0.15) is 23.9 Å². The van der Waals surface area contributed by atoms with Gasteiger partial charge in [-0.2, -0.15) is 5.10 Å². The van der Waals surface area contributed by atoms with Crippen molar-refractivity contribution in [2.75, 3.05) is 31.7 Å². The zero-order valence-electron chi connectivity index (χ0n) is 20.3. The highest BCUT2D eigenvalue weighted by atomic mass is 19.1. The maximum atomic E-state index is 15.1. The fraction of sp³-hybridized carbons (Fsp3) is 0.520. The number of nitrogens with one attached hydrogen (secondary N) is 2. The Morgan fingerprint density at radius 2 is 2.20 bits per heavy atom. The lowest BCUT2D eigenvalue weighted by atomic mass is 9.87. The Hall–Kier alpha value is -3.27. The van der Waals surface area contributed by atoms with Gasteiger partial charge in [0.2, 0.25) is 11.8 Å². The smallest absolute Gasteiger partial charge is 0.249 e. The van der Waals surface area contributed by atoms with Crippen LogP contribution in [-0.4, -0.2) is 69.7 Å². The van der Waals surface area contributed by atoms with Crippen LogP contribution in [0.2, 0.25) is 0 Å². The van der Waals surface area contributed by atoms with E-state index in [0.29, 0.717) is 47.4 Å². The van der Waals surface area contributed by atoms with E-state index in [0.717, 1.165) is 29.8 Å². The molecule has 2 fully saturated rings. The number of morpholine rings is 1. The van der Waals surface area contributed by atoms with Crippen LogP contribution < -0.4 is 4.90 Å². The molecular weight excluding hydrogens is 451 g/mol. The normalized spacial score (nSPS) is 26.4. The molecule has 2 amide bonds. The number of hydrogen-bond acceptors (Lipinski definition) is 5. The molecule has 4 atom stereocenters. The minimum Gasteiger partial charge on any atom is -0.370 e. The van der Waals surface area contributed by atoms with Crippen LogP contribution in [0.4, 0.5) is 10.1 Å². The first-order valence-corrected chi connectivity index (χ1v) is 12.1. The molecule has 0 spiro atoms. The third-order valence-corrected chi connectivity index (χ3v) is 8.64. The van der Waals surface area contributed by atoms with Gasteiger partial charge in [-0.15, -0.1) is 0 Å². The summed E-state index contributed by atoms with van der Waals surface area (Å²) in [6, 6.07) is 2.31. The van der Waals surface area contributed by atoms with Crippen molar-refractivity contribution in [2.45, 2.75) is 39.7 Å². The van der Waals surface area contributed by atoms with Gasteiger partial charge in [-0.1, -0.05) is 13.8 Å². The maximum Gasteiger partial charge on any atom is 0.249 e. The van der Waals surface area contributed by atoms with E-state index < -0.39 is 11.9 Å². The number of halogens is 1. The highest BCUT2D eigenvalue weighted by Crippen LogP contribution is 2.64. The van der Waals surface area contributed by atoms with Gasteiger partial charge in [0.05, 0.1) is 12.1 Å². The number of aromatic amines is 2. The third kappa shape index (κ3) is 3.30. The Morgan fingerprint density at radius 1 is 1.40 bits per heavy atom. The molecule has 1 aliphatic heterocycles. The second kappa shape index (κ2) is 7.61. The molecule has 2 aliphatic carbocycles. The lowest BCUT2D eigenvalue weighted by molar-refractivity contribution is -0.149. The number of imidazole rings is 1. The molecule has 0 radical (unpaired) electrons. The van der Waals surface area contributed by atoms with Gasteiger partial charge in [-0.25, -0.2) is 9.37 Å². The molecule has 1 aromatic carbocycles. The number of carbonyl (C=O) groups is 2. The van der Waals surface area contributed by atoms with Crippen molar-refractivity contribution in [1.29, 1.82) is 0 Å². The number of benzene rings is 1. The van der Waals surface area contributed by atoms with Crippen LogP contribution in [0.3, 0.4) is 0 Å². The number of aromatic nitrogens is 4. The molecule has 35 heavy (non-hydrogen) atoms. The van der Waals surface area contributed by atoms with E-state index in [-0.39, 0.29) is 23.9 Å². The monoisotopic (exact) mass is 480 g/mol. The molecule has 3 aliphatic rings. The quantitative estimate of drug-likeness (QED) is 0.597. The predicted octanol–water partition coefficient (Wildman–Crippen LogP) is 2.67. The van der Waals surface area contributed by atoms with Gasteiger partial charge < -0.3 is 19.5 Å². The molecular formula is C25H29FN6O3. The van der Waals surface area contributed by atoms with Crippen molar-refractivity contribution in [2.24, 2.45) is 17.3 Å². The van der Waals surface area contributed by atoms with Crippen LogP contribution in [-0.2, 0) is 27.2 Å². The molecule has 3 heterocycles. The second-order valence-corrected chi connectivity index (χ2v) is 10.4. The minimum atomic E-state index is -0.684. The zero-order valence-corrected chi connectivity index (χ0v) is 20.3. The fourth-order valence-corrected chi connectivity index (χ4v) is 6.02. The highest BCUT2D eigenvalue weighted by molar-refractivity contribution is 6.00. The Kier molecular flexibility index (Phi) is 4.83. The lowest BCUT2D eigenvalue weighted by Gasteiger charge is -2.33. The first-order valence-electron chi connectivity index (χ1n) is 12.1. The van der Waals surface area contributed by atoms with Gasteiger partial charge in [0.25, 0.3) is 0 Å². The predicted molar refractivity (Wildman–Crippen MR) is 127 cm³/mol. The first kappa shape index (κ1) is 22.2. The summed E-state index contributed by atoms with van der Waals surface area (Å²) in [5.41, 5.74) is 4.44. The van der Waals surface area contributed by atoms with Gasteiger partial charge in [0, 0.05) is 30.5 Å². The number of rotatable bonds is 4. The Bertz CT molecular complexity index is 1360. The standard InChI is InChI=1S/C25H29FN6O3/c1-12-16-9-15-19(10-25(12,16)3)29-30-21(15)23-27-18-8-14(7-17(26)22(18)28-23)31(4)24(34)13(2)32-5-6-35-11-20(32)33/h7-8,12-13,16H,5-6,9-11H2,1-4H3,(H,27,28)(H,29,30)/t12-,13+,16?,25-/m0/s1. The van der Waals surface area contributed by atoms with Gasteiger partial charge in [-0.05, 0) is 49.1 Å². The van der Waals surface area contributed by atoms with Gasteiger partial charge >= 0.3 is 0 Å². The summed E-state index contributed by atoms with van der Waals surface area (Å²) in [5.74, 6) is 0.796. The van der Waals surface area contributed by atoms with E-state index in [9.17, 15) is 9.59 Å². The van der Waals surface area contributed by atoms with Crippen molar-refractivity contribution < 1.29 is 18.7 Å². The molecule has 2 aromatic heterocycles. The van der Waals surface area contributed by atoms with Crippen molar-refractivity contribution in [3.05, 3.63) is 29.2 Å². The largest absolute Gasteiger partial charge is 0.370 e. The van der Waals surface area contributed by atoms with Crippen molar-refractivity contribution >= 4 is 28.5 Å². The zero-order chi connectivity index (χ0) is 24.6. The van der Waals surface area contributed by atoms with Crippen molar-refractivity contribution in [3.63, 3.8) is 0 Å². The van der Waals surface area contributed by atoms with Crippen LogP contribution in [0, 0.1) is 23.1 Å². The number of carbonyl (C=O) groups excluding carboxylic acids is 2. The van der Waals surface area contributed by atoms with E-state index in [1.54, 1.807) is 20.0 Å². The minimum absolute atomic E-state index is 0.0340. The summed E-state index contributed by atoms with van der Waals surface area (Å²) < 4.78 is 20.3. The van der Waals surface area contributed by atoms with E-state index >= 15 is 4.39 Å². The van der Waals surface area contributed by atoms with Crippen molar-refractivity contribution in [1.82, 2.24) is 25.1 Å². The van der Waals surface area contributed by atoms with E-state index in [1.165, 1.54) is 15.9 Å². The van der Waals surface area contributed by atoms with E-state index in [2.05, 4.69) is 34.0 Å². The summed E-state index contributed by atoms with van der Waals surface area (Å²) in [7, 11) is 1.58. The van der Waals surface area contributed by atoms with Gasteiger partial charge in [0.15, 0.2) is 11.6 Å². The lowest BCUT2D eigenvalue weighted by Crippen LogP contribution is -2.53. The number of hydrogen-bond donors (Lipinski definition) is 2. The fourth-order valence-electron chi connectivity index (χ4n) is 6.02. The Morgan fingerprint density at radius 3 is 2.97 bits per heavy atom. The molecule has 1 saturated carbocycles. The highest BCUT2D eigenvalue weighted by Gasteiger charge is 2.60. The summed E-state index contributed by atoms with van der Waals surface area (Å²) in [5, 5.41) is 7.70. The first-order chi connectivity index (χ1) is 16.7. The van der Waals surface area contributed by atoms with Crippen LogP contribution in [0.15, 0.2) is 12.1 Å². The summed E-state index contributed by atoms with van der Waals surface area (Å²) >= 11 is 0. The number of amides is 2. The Labute approximate surface area is 202 Å². The van der Waals surface area contributed by atoms with Gasteiger partial charge in [-0.3, -0.25) is 14.7 Å².